The van der Waals surface area contributed by atoms with Crippen molar-refractivity contribution in [3.8, 4) is 0 Å². The molecule has 1 aromatic heterocycles. The molecule has 1 saturated heterocycles. The lowest BCUT2D eigenvalue weighted by Crippen LogP contribution is -2.50. The SMILES string of the molecule is CCNc1cc(N2CCN(C(=O)Nc3ccc(F)c(Cl)c3)CC2)nc(C)n1. The summed E-state index contributed by atoms with van der Waals surface area (Å²) in [6.45, 7) is 7.11. The zero-order valence-corrected chi connectivity index (χ0v) is 16.1. The lowest BCUT2D eigenvalue weighted by atomic mass is 10.3. The van der Waals surface area contributed by atoms with Crippen molar-refractivity contribution in [3.05, 3.63) is 40.9 Å². The number of rotatable bonds is 4. The maximum atomic E-state index is 13.2. The van der Waals surface area contributed by atoms with Gasteiger partial charge in [0, 0.05) is 44.5 Å². The summed E-state index contributed by atoms with van der Waals surface area (Å²) in [6, 6.07) is 5.81. The monoisotopic (exact) mass is 392 g/mol. The van der Waals surface area contributed by atoms with Crippen LogP contribution in [0.1, 0.15) is 12.7 Å². The zero-order chi connectivity index (χ0) is 19.4. The second-order valence-corrected chi connectivity index (χ2v) is 6.63. The van der Waals surface area contributed by atoms with Crippen molar-refractivity contribution in [2.24, 2.45) is 0 Å². The van der Waals surface area contributed by atoms with Crippen LogP contribution in [0.15, 0.2) is 24.3 Å². The van der Waals surface area contributed by atoms with E-state index in [0.717, 1.165) is 18.2 Å². The Morgan fingerprint density at radius 2 is 1.96 bits per heavy atom. The first-order valence-corrected chi connectivity index (χ1v) is 9.19. The summed E-state index contributed by atoms with van der Waals surface area (Å²) in [7, 11) is 0. The van der Waals surface area contributed by atoms with Crippen molar-refractivity contribution in [1.82, 2.24) is 14.9 Å². The molecule has 3 rings (SSSR count). The average molecular weight is 393 g/mol. The minimum atomic E-state index is -0.514. The molecular weight excluding hydrogens is 371 g/mol. The normalized spacial score (nSPS) is 14.2. The lowest BCUT2D eigenvalue weighted by Gasteiger charge is -2.35. The number of benzene rings is 1. The Balaban J connectivity index is 1.59. The molecule has 1 aliphatic rings. The summed E-state index contributed by atoms with van der Waals surface area (Å²) < 4.78 is 13.2. The van der Waals surface area contributed by atoms with Crippen molar-refractivity contribution >= 4 is 35.0 Å². The summed E-state index contributed by atoms with van der Waals surface area (Å²) in [5.41, 5.74) is 0.468. The molecule has 7 nitrogen and oxygen atoms in total. The molecule has 27 heavy (non-hydrogen) atoms. The third kappa shape index (κ3) is 4.77. The minimum Gasteiger partial charge on any atom is -0.370 e. The molecule has 0 saturated carbocycles. The van der Waals surface area contributed by atoms with Gasteiger partial charge in [-0.1, -0.05) is 11.6 Å². The van der Waals surface area contributed by atoms with E-state index >= 15 is 0 Å². The molecular formula is C18H22ClFN6O. The molecule has 1 fully saturated rings. The Bertz CT molecular complexity index is 825. The zero-order valence-electron chi connectivity index (χ0n) is 15.3. The highest BCUT2D eigenvalue weighted by Gasteiger charge is 2.22. The molecule has 9 heteroatoms. The number of carbonyl (C=O) groups excluding carboxylic acids is 1. The predicted octanol–water partition coefficient (Wildman–Crippen LogP) is 3.36. The van der Waals surface area contributed by atoms with Crippen LogP contribution < -0.4 is 15.5 Å². The van der Waals surface area contributed by atoms with Gasteiger partial charge in [-0.2, -0.15) is 0 Å². The molecule has 2 N–H and O–H groups in total. The van der Waals surface area contributed by atoms with Gasteiger partial charge in [-0.15, -0.1) is 0 Å². The molecule has 0 unspecified atom stereocenters. The van der Waals surface area contributed by atoms with Gasteiger partial charge in [0.25, 0.3) is 0 Å². The van der Waals surface area contributed by atoms with E-state index in [1.165, 1.54) is 18.2 Å². The van der Waals surface area contributed by atoms with Crippen LogP contribution in [0.25, 0.3) is 0 Å². The molecule has 144 valence electrons. The molecule has 0 spiro atoms. The summed E-state index contributed by atoms with van der Waals surface area (Å²) in [4.78, 5) is 25.1. The van der Waals surface area contributed by atoms with Crippen molar-refractivity contribution in [2.75, 3.05) is 48.3 Å². The molecule has 1 aromatic carbocycles. The summed E-state index contributed by atoms with van der Waals surface area (Å²) in [6.07, 6.45) is 0. The summed E-state index contributed by atoms with van der Waals surface area (Å²) >= 11 is 5.75. The topological polar surface area (TPSA) is 73.4 Å². The van der Waals surface area contributed by atoms with Crippen LogP contribution in [0.5, 0.6) is 0 Å². The van der Waals surface area contributed by atoms with Gasteiger partial charge in [-0.05, 0) is 32.0 Å². The summed E-state index contributed by atoms with van der Waals surface area (Å²) in [5.74, 6) is 1.84. The first-order valence-electron chi connectivity index (χ1n) is 8.81. The molecule has 0 aliphatic carbocycles. The van der Waals surface area contributed by atoms with E-state index in [0.29, 0.717) is 37.7 Å². The Hall–Kier alpha value is -2.61. The number of anilines is 3. The highest BCUT2D eigenvalue weighted by molar-refractivity contribution is 6.31. The van der Waals surface area contributed by atoms with Crippen LogP contribution >= 0.6 is 11.6 Å². The van der Waals surface area contributed by atoms with Crippen molar-refractivity contribution in [1.29, 1.82) is 0 Å². The molecule has 2 heterocycles. The quantitative estimate of drug-likeness (QED) is 0.834. The van der Waals surface area contributed by atoms with Gasteiger partial charge in [0.15, 0.2) is 0 Å². The number of amides is 2. The van der Waals surface area contributed by atoms with Crippen LogP contribution in [-0.4, -0.2) is 53.6 Å². The van der Waals surface area contributed by atoms with E-state index < -0.39 is 5.82 Å². The minimum absolute atomic E-state index is 0.0201. The highest BCUT2D eigenvalue weighted by atomic mass is 35.5. The van der Waals surface area contributed by atoms with Gasteiger partial charge in [0.1, 0.15) is 23.3 Å². The van der Waals surface area contributed by atoms with Gasteiger partial charge >= 0.3 is 6.03 Å². The Kier molecular flexibility index (Phi) is 5.95. The van der Waals surface area contributed by atoms with E-state index in [2.05, 4.69) is 25.5 Å². The third-order valence-corrected chi connectivity index (χ3v) is 4.53. The lowest BCUT2D eigenvalue weighted by molar-refractivity contribution is 0.208. The second-order valence-electron chi connectivity index (χ2n) is 6.22. The van der Waals surface area contributed by atoms with E-state index in [-0.39, 0.29) is 11.1 Å². The Morgan fingerprint density at radius 3 is 2.63 bits per heavy atom. The number of aryl methyl sites for hydroxylation is 1. The number of piperazine rings is 1. The smallest absolute Gasteiger partial charge is 0.321 e. The van der Waals surface area contributed by atoms with E-state index in [1.54, 1.807) is 4.90 Å². The van der Waals surface area contributed by atoms with Crippen molar-refractivity contribution in [3.63, 3.8) is 0 Å². The maximum absolute atomic E-state index is 13.2. The first kappa shape index (κ1) is 19.2. The number of nitrogens with one attached hydrogen (secondary N) is 2. The van der Waals surface area contributed by atoms with Crippen LogP contribution in [-0.2, 0) is 0 Å². The molecule has 1 aliphatic heterocycles. The average Bonchev–Trinajstić information content (AvgIpc) is 2.65. The molecule has 2 aromatic rings. The highest BCUT2D eigenvalue weighted by Crippen LogP contribution is 2.21. The van der Waals surface area contributed by atoms with Crippen LogP contribution in [0.2, 0.25) is 5.02 Å². The van der Waals surface area contributed by atoms with Gasteiger partial charge in [0.05, 0.1) is 5.02 Å². The molecule has 0 radical (unpaired) electrons. The van der Waals surface area contributed by atoms with Crippen LogP contribution in [0.4, 0.5) is 26.5 Å². The van der Waals surface area contributed by atoms with Crippen molar-refractivity contribution < 1.29 is 9.18 Å². The first-order chi connectivity index (χ1) is 13.0. The Labute approximate surface area is 162 Å². The number of urea groups is 1. The van der Waals surface area contributed by atoms with Gasteiger partial charge in [-0.3, -0.25) is 0 Å². The number of hydrogen-bond donors (Lipinski definition) is 2. The van der Waals surface area contributed by atoms with Gasteiger partial charge in [0.2, 0.25) is 0 Å². The van der Waals surface area contributed by atoms with Crippen LogP contribution in [0, 0.1) is 12.7 Å². The fourth-order valence-electron chi connectivity index (χ4n) is 2.90. The number of carbonyl (C=O) groups is 1. The van der Waals surface area contributed by atoms with Crippen molar-refractivity contribution in [2.45, 2.75) is 13.8 Å². The second kappa shape index (κ2) is 8.39. The fourth-order valence-corrected chi connectivity index (χ4v) is 3.08. The summed E-state index contributed by atoms with van der Waals surface area (Å²) in [5, 5.41) is 5.93. The molecule has 2 amide bonds. The third-order valence-electron chi connectivity index (χ3n) is 4.24. The maximum Gasteiger partial charge on any atom is 0.321 e. The number of aromatic nitrogens is 2. The Morgan fingerprint density at radius 1 is 1.22 bits per heavy atom. The van der Waals surface area contributed by atoms with Gasteiger partial charge < -0.3 is 20.4 Å². The standard InChI is InChI=1S/C18H22ClFN6O/c1-3-21-16-11-17(23-12(2)22-16)25-6-8-26(9-7-25)18(27)24-13-4-5-15(20)14(19)10-13/h4-5,10-11H,3,6-9H2,1-2H3,(H,24,27)(H,21,22,23). The number of nitrogens with zero attached hydrogens (tertiary/aromatic N) is 4. The van der Waals surface area contributed by atoms with Gasteiger partial charge in [-0.25, -0.2) is 19.2 Å². The van der Waals surface area contributed by atoms with E-state index in [9.17, 15) is 9.18 Å². The van der Waals surface area contributed by atoms with E-state index in [4.69, 9.17) is 11.6 Å². The largest absolute Gasteiger partial charge is 0.370 e. The predicted molar refractivity (Wildman–Crippen MR) is 105 cm³/mol. The number of halogens is 2. The fraction of sp³-hybridized carbons (Fsp3) is 0.389. The number of hydrogen-bond acceptors (Lipinski definition) is 5. The van der Waals surface area contributed by atoms with Crippen LogP contribution in [0.3, 0.4) is 0 Å². The molecule has 0 atom stereocenters. The molecule has 0 bridgehead atoms. The van der Waals surface area contributed by atoms with E-state index in [1.807, 2.05) is 19.9 Å².